The SMILES string of the molecule is CCCCCCC(CCCC)Cc1cn(C)cn1. The highest BCUT2D eigenvalue weighted by molar-refractivity contribution is 4.97. The molecule has 1 rings (SSSR count). The third-order valence-corrected chi connectivity index (χ3v) is 3.69. The lowest BCUT2D eigenvalue weighted by atomic mass is 9.91. The normalized spacial score (nSPS) is 12.8. The van der Waals surface area contributed by atoms with Gasteiger partial charge in [-0.2, -0.15) is 0 Å². The van der Waals surface area contributed by atoms with Gasteiger partial charge in [0.05, 0.1) is 12.0 Å². The molecule has 0 saturated carbocycles. The highest BCUT2D eigenvalue weighted by atomic mass is 15.0. The van der Waals surface area contributed by atoms with E-state index in [2.05, 4.69) is 36.6 Å². The lowest BCUT2D eigenvalue weighted by Crippen LogP contribution is -2.05. The second-order valence-electron chi connectivity index (χ2n) is 5.59. The summed E-state index contributed by atoms with van der Waals surface area (Å²) in [6.07, 6.45) is 16.2. The average molecular weight is 250 g/mol. The largest absolute Gasteiger partial charge is 0.340 e. The van der Waals surface area contributed by atoms with Crippen LogP contribution >= 0.6 is 0 Å². The molecule has 1 heterocycles. The Kier molecular flexibility index (Phi) is 7.79. The van der Waals surface area contributed by atoms with E-state index in [4.69, 9.17) is 0 Å². The fourth-order valence-corrected chi connectivity index (χ4v) is 2.57. The number of unbranched alkanes of at least 4 members (excludes halogenated alkanes) is 4. The van der Waals surface area contributed by atoms with Gasteiger partial charge < -0.3 is 4.57 Å². The fourth-order valence-electron chi connectivity index (χ4n) is 2.57. The van der Waals surface area contributed by atoms with E-state index in [1.165, 1.54) is 63.5 Å². The first kappa shape index (κ1) is 15.3. The van der Waals surface area contributed by atoms with Crippen LogP contribution in [-0.2, 0) is 13.5 Å². The van der Waals surface area contributed by atoms with E-state index in [0.717, 1.165) is 5.92 Å². The molecule has 0 amide bonds. The number of imidazole rings is 1. The van der Waals surface area contributed by atoms with Crippen molar-refractivity contribution in [3.05, 3.63) is 18.2 Å². The first-order valence-electron chi connectivity index (χ1n) is 7.73. The van der Waals surface area contributed by atoms with Crippen LogP contribution in [0.3, 0.4) is 0 Å². The summed E-state index contributed by atoms with van der Waals surface area (Å²) < 4.78 is 2.06. The summed E-state index contributed by atoms with van der Waals surface area (Å²) in [4.78, 5) is 4.47. The Balaban J connectivity index is 2.34. The van der Waals surface area contributed by atoms with Crippen molar-refractivity contribution >= 4 is 0 Å². The van der Waals surface area contributed by atoms with E-state index in [1.807, 2.05) is 6.33 Å². The Morgan fingerprint density at radius 3 is 2.39 bits per heavy atom. The van der Waals surface area contributed by atoms with Gasteiger partial charge in [-0.15, -0.1) is 0 Å². The second kappa shape index (κ2) is 9.18. The second-order valence-corrected chi connectivity index (χ2v) is 5.59. The van der Waals surface area contributed by atoms with Crippen LogP contribution in [0.25, 0.3) is 0 Å². The summed E-state index contributed by atoms with van der Waals surface area (Å²) in [5.74, 6) is 0.844. The van der Waals surface area contributed by atoms with Crippen molar-refractivity contribution in [3.63, 3.8) is 0 Å². The van der Waals surface area contributed by atoms with E-state index in [9.17, 15) is 0 Å². The van der Waals surface area contributed by atoms with Crippen LogP contribution < -0.4 is 0 Å². The molecular weight excluding hydrogens is 220 g/mol. The van der Waals surface area contributed by atoms with Crippen molar-refractivity contribution in [1.29, 1.82) is 0 Å². The first-order chi connectivity index (χ1) is 8.76. The summed E-state index contributed by atoms with van der Waals surface area (Å²) in [5, 5.41) is 0. The Hall–Kier alpha value is -0.790. The van der Waals surface area contributed by atoms with E-state index in [1.54, 1.807) is 0 Å². The lowest BCUT2D eigenvalue weighted by Gasteiger charge is -2.15. The molecule has 0 aliphatic heterocycles. The predicted molar refractivity (Wildman–Crippen MR) is 78.7 cm³/mol. The molecule has 2 heteroatoms. The van der Waals surface area contributed by atoms with Crippen LogP contribution in [-0.4, -0.2) is 9.55 Å². The third kappa shape index (κ3) is 6.23. The summed E-state index contributed by atoms with van der Waals surface area (Å²) in [6.45, 7) is 4.57. The summed E-state index contributed by atoms with van der Waals surface area (Å²) >= 11 is 0. The molecule has 1 aromatic heterocycles. The summed E-state index contributed by atoms with van der Waals surface area (Å²) in [7, 11) is 2.05. The van der Waals surface area contributed by atoms with Crippen molar-refractivity contribution in [2.45, 2.75) is 71.6 Å². The molecule has 1 atom stereocenters. The van der Waals surface area contributed by atoms with Crippen molar-refractivity contribution in [3.8, 4) is 0 Å². The van der Waals surface area contributed by atoms with Crippen LogP contribution in [0.15, 0.2) is 12.5 Å². The minimum atomic E-state index is 0.844. The molecule has 0 aromatic carbocycles. The number of aryl methyl sites for hydroxylation is 1. The molecule has 0 aliphatic carbocycles. The van der Waals surface area contributed by atoms with Gasteiger partial charge in [0.2, 0.25) is 0 Å². The zero-order valence-corrected chi connectivity index (χ0v) is 12.5. The van der Waals surface area contributed by atoms with Gasteiger partial charge in [0, 0.05) is 13.2 Å². The smallest absolute Gasteiger partial charge is 0.0946 e. The molecular formula is C16H30N2. The average Bonchev–Trinajstić information content (AvgIpc) is 2.77. The van der Waals surface area contributed by atoms with E-state index < -0.39 is 0 Å². The van der Waals surface area contributed by atoms with Gasteiger partial charge in [0.1, 0.15) is 0 Å². The number of rotatable bonds is 10. The molecule has 0 bridgehead atoms. The zero-order chi connectivity index (χ0) is 13.2. The molecule has 0 spiro atoms. The van der Waals surface area contributed by atoms with Gasteiger partial charge in [-0.1, -0.05) is 65.2 Å². The molecule has 0 radical (unpaired) electrons. The number of nitrogens with zero attached hydrogens (tertiary/aromatic N) is 2. The fraction of sp³-hybridized carbons (Fsp3) is 0.812. The van der Waals surface area contributed by atoms with Gasteiger partial charge in [-0.25, -0.2) is 4.98 Å². The Labute approximate surface area is 113 Å². The third-order valence-electron chi connectivity index (χ3n) is 3.69. The minimum Gasteiger partial charge on any atom is -0.340 e. The number of aromatic nitrogens is 2. The van der Waals surface area contributed by atoms with Crippen molar-refractivity contribution in [2.24, 2.45) is 13.0 Å². The summed E-state index contributed by atoms with van der Waals surface area (Å²) in [5.41, 5.74) is 1.27. The topological polar surface area (TPSA) is 17.8 Å². The van der Waals surface area contributed by atoms with E-state index in [-0.39, 0.29) is 0 Å². The van der Waals surface area contributed by atoms with Crippen LogP contribution in [0.4, 0.5) is 0 Å². The molecule has 0 saturated heterocycles. The van der Waals surface area contributed by atoms with Crippen LogP contribution in [0.5, 0.6) is 0 Å². The molecule has 1 aromatic rings. The quantitative estimate of drug-likeness (QED) is 0.548. The van der Waals surface area contributed by atoms with E-state index >= 15 is 0 Å². The van der Waals surface area contributed by atoms with Gasteiger partial charge >= 0.3 is 0 Å². The molecule has 18 heavy (non-hydrogen) atoms. The monoisotopic (exact) mass is 250 g/mol. The van der Waals surface area contributed by atoms with Crippen molar-refractivity contribution in [2.75, 3.05) is 0 Å². The van der Waals surface area contributed by atoms with Gasteiger partial charge in [-0.05, 0) is 12.3 Å². The van der Waals surface area contributed by atoms with Crippen LogP contribution in [0, 0.1) is 5.92 Å². The molecule has 1 unspecified atom stereocenters. The predicted octanol–water partition coefficient (Wildman–Crippen LogP) is 4.74. The summed E-state index contributed by atoms with van der Waals surface area (Å²) in [6, 6.07) is 0. The van der Waals surface area contributed by atoms with Gasteiger partial charge in [0.15, 0.2) is 0 Å². The van der Waals surface area contributed by atoms with Crippen molar-refractivity contribution < 1.29 is 0 Å². The van der Waals surface area contributed by atoms with Crippen molar-refractivity contribution in [1.82, 2.24) is 9.55 Å². The van der Waals surface area contributed by atoms with Crippen LogP contribution in [0.1, 0.15) is 70.9 Å². The number of hydrogen-bond acceptors (Lipinski definition) is 1. The van der Waals surface area contributed by atoms with Gasteiger partial charge in [-0.3, -0.25) is 0 Å². The first-order valence-corrected chi connectivity index (χ1v) is 7.73. The highest BCUT2D eigenvalue weighted by Gasteiger charge is 2.10. The number of hydrogen-bond donors (Lipinski definition) is 0. The van der Waals surface area contributed by atoms with Crippen LogP contribution in [0.2, 0.25) is 0 Å². The molecule has 104 valence electrons. The Morgan fingerprint density at radius 2 is 1.78 bits per heavy atom. The Morgan fingerprint density at radius 1 is 1.06 bits per heavy atom. The lowest BCUT2D eigenvalue weighted by molar-refractivity contribution is 0.407. The molecule has 0 fully saturated rings. The zero-order valence-electron chi connectivity index (χ0n) is 12.5. The standard InChI is InChI=1S/C16H30N2/c1-4-6-8-9-11-15(10-7-5-2)12-16-13-18(3)14-17-16/h13-15H,4-12H2,1-3H3. The minimum absolute atomic E-state index is 0.844. The maximum atomic E-state index is 4.47. The maximum absolute atomic E-state index is 4.47. The van der Waals surface area contributed by atoms with E-state index in [0.29, 0.717) is 0 Å². The molecule has 2 nitrogen and oxygen atoms in total. The van der Waals surface area contributed by atoms with Gasteiger partial charge in [0.25, 0.3) is 0 Å². The Bertz CT molecular complexity index is 304. The molecule has 0 aliphatic rings. The molecule has 0 N–H and O–H groups in total. The maximum Gasteiger partial charge on any atom is 0.0946 e. The highest BCUT2D eigenvalue weighted by Crippen LogP contribution is 2.21.